The molecule has 1 N–H and O–H groups in total. The zero-order valence-corrected chi connectivity index (χ0v) is 13.5. The lowest BCUT2D eigenvalue weighted by atomic mass is 10.4. The summed E-state index contributed by atoms with van der Waals surface area (Å²) < 4.78 is 29.2. The number of nitrogens with one attached hydrogen (secondary N) is 1. The van der Waals surface area contributed by atoms with Crippen molar-refractivity contribution in [2.75, 3.05) is 39.5 Å². The Hall–Kier alpha value is -0.410. The minimum atomic E-state index is -3.76. The van der Waals surface area contributed by atoms with Crippen LogP contribution in [0, 0.1) is 0 Å². The third-order valence-electron chi connectivity index (χ3n) is 2.98. The van der Waals surface area contributed by atoms with Gasteiger partial charge in [0.15, 0.2) is 0 Å². The van der Waals surface area contributed by atoms with E-state index in [-0.39, 0.29) is 16.5 Å². The first-order valence-electron chi connectivity index (χ1n) is 6.38. The fourth-order valence-electron chi connectivity index (χ4n) is 1.81. The Morgan fingerprint density at radius 1 is 1.24 bits per heavy atom. The van der Waals surface area contributed by atoms with Gasteiger partial charge in [-0.3, -0.25) is 9.74 Å². The molecule has 0 atom stereocenters. The van der Waals surface area contributed by atoms with Crippen LogP contribution in [0.25, 0.3) is 0 Å². The molecule has 0 aromatic heterocycles. The summed E-state index contributed by atoms with van der Waals surface area (Å²) in [5.74, 6) is 0. The Bertz CT molecular complexity index is 577. The Kier molecular flexibility index (Phi) is 6.24. The molecule has 0 spiro atoms. The van der Waals surface area contributed by atoms with Crippen LogP contribution in [-0.2, 0) is 19.6 Å². The van der Waals surface area contributed by atoms with Gasteiger partial charge in [0, 0.05) is 19.6 Å². The van der Waals surface area contributed by atoms with Crippen LogP contribution in [0.15, 0.2) is 23.1 Å². The van der Waals surface area contributed by atoms with Gasteiger partial charge in [0.05, 0.1) is 34.8 Å². The van der Waals surface area contributed by atoms with E-state index in [2.05, 4.69) is 9.79 Å². The number of nitrogens with zero attached hydrogens (tertiary/aromatic N) is 1. The molecule has 9 heteroatoms. The Balaban J connectivity index is 1.82. The lowest BCUT2D eigenvalue weighted by Gasteiger charge is -2.26. The lowest BCUT2D eigenvalue weighted by molar-refractivity contribution is 0.0125. The van der Waals surface area contributed by atoms with Gasteiger partial charge >= 0.3 is 0 Å². The predicted molar refractivity (Wildman–Crippen MR) is 80.0 cm³/mol. The van der Waals surface area contributed by atoms with Gasteiger partial charge in [0.1, 0.15) is 0 Å². The van der Waals surface area contributed by atoms with Crippen molar-refractivity contribution in [2.24, 2.45) is 0 Å². The van der Waals surface area contributed by atoms with Crippen molar-refractivity contribution in [1.82, 2.24) is 9.79 Å². The number of ether oxygens (including phenoxy) is 1. The minimum absolute atomic E-state index is 0.00303. The summed E-state index contributed by atoms with van der Waals surface area (Å²) in [6, 6.07) is 4.06. The fraction of sp³-hybridized carbons (Fsp3) is 0.500. The largest absolute Gasteiger partial charge is 0.379 e. The summed E-state index contributed by atoms with van der Waals surface area (Å²) in [6.07, 6.45) is 0. The SMILES string of the molecule is O=S(=O)(NOCCN1CCOCC1)c1ccc(Cl)c(Cl)c1. The highest BCUT2D eigenvalue weighted by Gasteiger charge is 2.16. The van der Waals surface area contributed by atoms with Crippen molar-refractivity contribution in [3.63, 3.8) is 0 Å². The van der Waals surface area contributed by atoms with E-state index in [1.165, 1.54) is 18.2 Å². The topological polar surface area (TPSA) is 67.9 Å². The van der Waals surface area contributed by atoms with Crippen molar-refractivity contribution >= 4 is 33.2 Å². The molecule has 0 unspecified atom stereocenters. The number of morpholine rings is 1. The number of hydrogen-bond acceptors (Lipinski definition) is 5. The van der Waals surface area contributed by atoms with E-state index in [1.807, 2.05) is 0 Å². The molecule has 118 valence electrons. The number of benzene rings is 1. The highest BCUT2D eigenvalue weighted by molar-refractivity contribution is 7.89. The molecule has 1 aromatic rings. The van der Waals surface area contributed by atoms with Crippen LogP contribution in [0.4, 0.5) is 0 Å². The molecule has 2 rings (SSSR count). The summed E-state index contributed by atoms with van der Waals surface area (Å²) in [6.45, 7) is 3.91. The first-order valence-corrected chi connectivity index (χ1v) is 8.62. The summed E-state index contributed by atoms with van der Waals surface area (Å²) in [5, 5.41) is 0.469. The third-order valence-corrected chi connectivity index (χ3v) is 4.93. The van der Waals surface area contributed by atoms with E-state index < -0.39 is 10.0 Å². The molecule has 1 aromatic carbocycles. The molecular weight excluding hydrogens is 339 g/mol. The molecular formula is C12H16Cl2N2O4S. The number of rotatable bonds is 6. The van der Waals surface area contributed by atoms with Gasteiger partial charge < -0.3 is 4.74 Å². The quantitative estimate of drug-likeness (QED) is 0.619. The van der Waals surface area contributed by atoms with Crippen LogP contribution in [0.1, 0.15) is 0 Å². The second-order valence-corrected chi connectivity index (χ2v) is 6.92. The van der Waals surface area contributed by atoms with Crippen molar-refractivity contribution in [3.05, 3.63) is 28.2 Å². The van der Waals surface area contributed by atoms with Gasteiger partial charge in [-0.25, -0.2) is 8.42 Å². The van der Waals surface area contributed by atoms with E-state index in [0.29, 0.717) is 24.8 Å². The molecule has 0 saturated carbocycles. The molecule has 0 bridgehead atoms. The molecule has 1 aliphatic heterocycles. The molecule has 21 heavy (non-hydrogen) atoms. The zero-order valence-electron chi connectivity index (χ0n) is 11.2. The van der Waals surface area contributed by atoms with Gasteiger partial charge in [0.25, 0.3) is 10.0 Å². The Labute approximate surface area is 133 Å². The Morgan fingerprint density at radius 2 is 1.95 bits per heavy atom. The van der Waals surface area contributed by atoms with Crippen LogP contribution in [0.5, 0.6) is 0 Å². The summed E-state index contributed by atoms with van der Waals surface area (Å²) in [7, 11) is -3.76. The van der Waals surface area contributed by atoms with Crippen molar-refractivity contribution in [1.29, 1.82) is 0 Å². The maximum Gasteiger partial charge on any atom is 0.262 e. The average molecular weight is 355 g/mol. The fourth-order valence-corrected chi connectivity index (χ4v) is 3.03. The maximum atomic E-state index is 12.0. The zero-order chi connectivity index (χ0) is 15.3. The van der Waals surface area contributed by atoms with E-state index >= 15 is 0 Å². The van der Waals surface area contributed by atoms with Crippen LogP contribution < -0.4 is 4.89 Å². The summed E-state index contributed by atoms with van der Waals surface area (Å²) in [4.78, 5) is 9.24. The van der Waals surface area contributed by atoms with Crippen molar-refractivity contribution in [2.45, 2.75) is 4.90 Å². The highest BCUT2D eigenvalue weighted by atomic mass is 35.5. The normalized spacial score (nSPS) is 17.0. The van der Waals surface area contributed by atoms with Crippen LogP contribution in [0.2, 0.25) is 10.0 Å². The molecule has 0 aliphatic carbocycles. The predicted octanol–water partition coefficient (Wildman–Crippen LogP) is 1.54. The summed E-state index contributed by atoms with van der Waals surface area (Å²) in [5.41, 5.74) is 0. The number of halogens is 2. The molecule has 1 fully saturated rings. The minimum Gasteiger partial charge on any atom is -0.379 e. The molecule has 0 amide bonds. The standard InChI is InChI=1S/C12H16Cl2N2O4S/c13-11-2-1-10(9-12(11)14)21(17,18)15-20-8-5-16-3-6-19-7-4-16/h1-2,9,15H,3-8H2. The van der Waals surface area contributed by atoms with Crippen LogP contribution in [-0.4, -0.2) is 52.8 Å². The molecule has 0 radical (unpaired) electrons. The first kappa shape index (κ1) is 17.0. The van der Waals surface area contributed by atoms with Crippen LogP contribution in [0.3, 0.4) is 0 Å². The van der Waals surface area contributed by atoms with Gasteiger partial charge in [-0.15, -0.1) is 0 Å². The van der Waals surface area contributed by atoms with Crippen molar-refractivity contribution in [3.8, 4) is 0 Å². The van der Waals surface area contributed by atoms with Gasteiger partial charge in [-0.1, -0.05) is 28.1 Å². The van der Waals surface area contributed by atoms with E-state index in [9.17, 15) is 8.42 Å². The van der Waals surface area contributed by atoms with E-state index in [1.54, 1.807) is 0 Å². The van der Waals surface area contributed by atoms with Gasteiger partial charge in [-0.05, 0) is 18.2 Å². The Morgan fingerprint density at radius 3 is 2.62 bits per heavy atom. The van der Waals surface area contributed by atoms with Gasteiger partial charge in [-0.2, -0.15) is 0 Å². The second kappa shape index (κ2) is 7.73. The molecule has 1 aliphatic rings. The van der Waals surface area contributed by atoms with Crippen molar-refractivity contribution < 1.29 is 18.0 Å². The monoisotopic (exact) mass is 354 g/mol. The smallest absolute Gasteiger partial charge is 0.262 e. The second-order valence-electron chi connectivity index (χ2n) is 4.47. The molecule has 6 nitrogen and oxygen atoms in total. The first-order chi connectivity index (χ1) is 9.99. The van der Waals surface area contributed by atoms with E-state index in [0.717, 1.165) is 13.1 Å². The van der Waals surface area contributed by atoms with Crippen LogP contribution >= 0.6 is 23.2 Å². The summed E-state index contributed by atoms with van der Waals surface area (Å²) >= 11 is 11.5. The molecule has 1 saturated heterocycles. The lowest BCUT2D eigenvalue weighted by Crippen LogP contribution is -2.39. The highest BCUT2D eigenvalue weighted by Crippen LogP contribution is 2.24. The molecule has 1 heterocycles. The van der Waals surface area contributed by atoms with E-state index in [4.69, 9.17) is 32.8 Å². The average Bonchev–Trinajstić information content (AvgIpc) is 2.47. The number of sulfonamides is 1. The number of hydrogen-bond donors (Lipinski definition) is 1. The third kappa shape index (κ3) is 5.07. The maximum absolute atomic E-state index is 12.0. The van der Waals surface area contributed by atoms with Gasteiger partial charge in [0.2, 0.25) is 0 Å².